The van der Waals surface area contributed by atoms with Crippen LogP contribution in [-0.4, -0.2) is 111 Å². The van der Waals surface area contributed by atoms with Crippen molar-refractivity contribution in [3.05, 3.63) is 47.7 Å². The minimum absolute atomic E-state index is 0.00424. The summed E-state index contributed by atoms with van der Waals surface area (Å²) in [6, 6.07) is 6.62. The first kappa shape index (κ1) is 38.1. The molecule has 13 heteroatoms. The lowest BCUT2D eigenvalue weighted by molar-refractivity contribution is -0.0967. The van der Waals surface area contributed by atoms with Gasteiger partial charge in [-0.05, 0) is 107 Å². The van der Waals surface area contributed by atoms with Gasteiger partial charge in [0.05, 0.1) is 50.1 Å². The maximum Gasteiger partial charge on any atom is 0.319 e. The first-order valence-corrected chi connectivity index (χ1v) is 19.9. The second kappa shape index (κ2) is 15.0. The molecule has 0 bridgehead atoms. The van der Waals surface area contributed by atoms with Crippen molar-refractivity contribution in [3.63, 3.8) is 0 Å². The van der Waals surface area contributed by atoms with Crippen LogP contribution in [0.2, 0.25) is 0 Å². The molecular weight excluding hydrogens is 708 g/mol. The van der Waals surface area contributed by atoms with Crippen molar-refractivity contribution in [2.45, 2.75) is 115 Å². The Balaban J connectivity index is 1.22. The van der Waals surface area contributed by atoms with Gasteiger partial charge in [-0.3, -0.25) is 9.88 Å². The van der Waals surface area contributed by atoms with Gasteiger partial charge in [-0.1, -0.05) is 19.4 Å². The molecule has 3 N–H and O–H groups in total. The number of rotatable bonds is 8. The number of nitrogens with zero attached hydrogens (tertiary/aromatic N) is 5. The van der Waals surface area contributed by atoms with Gasteiger partial charge in [0.15, 0.2) is 5.82 Å². The molecule has 5 heterocycles. The van der Waals surface area contributed by atoms with Gasteiger partial charge in [0.1, 0.15) is 34.2 Å². The number of hydrogen-bond donors (Lipinski definition) is 3. The third kappa shape index (κ3) is 7.22. The topological polar surface area (TPSA) is 134 Å². The number of benzene rings is 2. The number of aryl methyl sites for hydroxylation is 1. The van der Waals surface area contributed by atoms with E-state index in [1.807, 2.05) is 6.92 Å². The van der Waals surface area contributed by atoms with E-state index in [1.54, 1.807) is 17.9 Å². The number of aromatic nitrogens is 3. The van der Waals surface area contributed by atoms with Crippen molar-refractivity contribution in [1.82, 2.24) is 19.9 Å². The molecule has 0 spiro atoms. The number of phenolic OH excluding ortho intramolecular Hbond substituents is 1. The Morgan fingerprint density at radius 1 is 1.07 bits per heavy atom. The van der Waals surface area contributed by atoms with E-state index in [-0.39, 0.29) is 77.8 Å². The molecule has 6 atom stereocenters. The number of likely N-dealkylation sites (tertiary alicyclic amines) is 1. The van der Waals surface area contributed by atoms with E-state index in [1.165, 1.54) is 24.4 Å². The van der Waals surface area contributed by atoms with Gasteiger partial charge in [0.25, 0.3) is 0 Å². The monoisotopic (exact) mass is 761 g/mol. The predicted octanol–water partition coefficient (Wildman–Crippen LogP) is 6.31. The molecule has 55 heavy (non-hydrogen) atoms. The summed E-state index contributed by atoms with van der Waals surface area (Å²) in [5.41, 5.74) is -0.952. The number of hydrogen-bond acceptors (Lipinski definition) is 11. The summed E-state index contributed by atoms with van der Waals surface area (Å²) >= 11 is 0. The summed E-state index contributed by atoms with van der Waals surface area (Å²) in [6.07, 6.45) is 8.86. The Labute approximate surface area is 320 Å². The van der Waals surface area contributed by atoms with E-state index in [9.17, 15) is 15.3 Å². The van der Waals surface area contributed by atoms with Crippen molar-refractivity contribution in [2.75, 3.05) is 44.4 Å². The fraction of sp³-hybridized carbons (Fsp3) is 0.595. The smallest absolute Gasteiger partial charge is 0.319 e. The number of pyridine rings is 1. The van der Waals surface area contributed by atoms with E-state index in [2.05, 4.69) is 23.7 Å². The Kier molecular flexibility index (Phi) is 10.4. The number of aliphatic hydroxyl groups excluding tert-OH is 1. The summed E-state index contributed by atoms with van der Waals surface area (Å²) < 4.78 is 50.9. The molecule has 4 aliphatic rings. The molecular formula is C42H53F2N5O6. The summed E-state index contributed by atoms with van der Waals surface area (Å²) in [7, 11) is 0. The van der Waals surface area contributed by atoms with Crippen molar-refractivity contribution < 1.29 is 38.3 Å². The number of β-amino-alcohol motifs (C(OH)–C–C–N with tert-alkyl or cyclic N) is 1. The molecule has 8 rings (SSSR count). The molecule has 6 unspecified atom stereocenters. The largest absolute Gasteiger partial charge is 0.508 e. The van der Waals surface area contributed by atoms with Crippen molar-refractivity contribution in [1.29, 1.82) is 0 Å². The Bertz CT molecular complexity index is 2060. The van der Waals surface area contributed by atoms with Crippen LogP contribution in [0.1, 0.15) is 78.2 Å². The number of aromatic hydroxyl groups is 1. The number of piperidine rings is 1. The van der Waals surface area contributed by atoms with Crippen LogP contribution in [0.15, 0.2) is 30.5 Å². The lowest BCUT2D eigenvalue weighted by Crippen LogP contribution is -2.57. The number of aliphatic hydroxyl groups is 2. The highest BCUT2D eigenvalue weighted by molar-refractivity contribution is 6.01. The molecule has 3 aliphatic heterocycles. The van der Waals surface area contributed by atoms with Crippen LogP contribution in [0.4, 0.5) is 14.6 Å². The van der Waals surface area contributed by atoms with Crippen LogP contribution in [0.5, 0.6) is 11.8 Å². The Morgan fingerprint density at radius 2 is 1.85 bits per heavy atom. The summed E-state index contributed by atoms with van der Waals surface area (Å²) in [4.78, 5) is 18.7. The Morgan fingerprint density at radius 3 is 2.62 bits per heavy atom. The number of anilines is 1. The molecule has 2 aromatic heterocycles. The lowest BCUT2D eigenvalue weighted by atomic mass is 9.74. The van der Waals surface area contributed by atoms with Crippen LogP contribution in [0.25, 0.3) is 32.9 Å². The second-order valence-corrected chi connectivity index (χ2v) is 16.8. The minimum atomic E-state index is -1.31. The SMILES string of the molecule is CCc1c(F)ccc2cc(O)cc(-c3ncc4c(N5CC(CO)OCC(C)(O)C5)nc(OCC56CCCC5N(C5CC(C)OC(C)C5)CCC6)nc4c3F)c12. The third-order valence-corrected chi connectivity index (χ3v) is 12.5. The summed E-state index contributed by atoms with van der Waals surface area (Å²) in [6.45, 7) is 9.15. The normalized spacial score (nSPS) is 30.5. The first-order valence-electron chi connectivity index (χ1n) is 19.9. The molecule has 1 saturated carbocycles. The number of phenols is 1. The van der Waals surface area contributed by atoms with Gasteiger partial charge in [-0.15, -0.1) is 0 Å². The highest BCUT2D eigenvalue weighted by atomic mass is 19.1. The van der Waals surface area contributed by atoms with Crippen molar-refractivity contribution >= 4 is 27.5 Å². The Hall–Kier alpha value is -3.75. The number of ether oxygens (including phenoxy) is 3. The average molecular weight is 762 g/mol. The average Bonchev–Trinajstić information content (AvgIpc) is 3.52. The molecule has 4 aromatic rings. The molecule has 2 aromatic carbocycles. The minimum Gasteiger partial charge on any atom is -0.508 e. The molecule has 0 radical (unpaired) electrons. The molecule has 296 valence electrons. The second-order valence-electron chi connectivity index (χ2n) is 16.8. The predicted molar refractivity (Wildman–Crippen MR) is 205 cm³/mol. The van der Waals surface area contributed by atoms with Crippen LogP contribution < -0.4 is 9.64 Å². The quantitative estimate of drug-likeness (QED) is 0.187. The standard InChI is InChI=1S/C42H53F2N5O6/c1-5-30-33(43)10-9-26-16-28(51)17-31(35(26)30)37-36(44)38-32(18-45-37)39(48-19-29(20-50)53-22-41(4,52)21-48)47-40(46-38)54-23-42-11-6-8-34(42)49(13-7-12-42)27-14-24(2)55-25(3)15-27/h9-10,16-18,24-25,27,29,34,50-52H,5-8,11-15,19-23H2,1-4H3. The fourth-order valence-corrected chi connectivity index (χ4v) is 10.2. The van der Waals surface area contributed by atoms with E-state index in [0.717, 1.165) is 51.5 Å². The van der Waals surface area contributed by atoms with Gasteiger partial charge < -0.3 is 34.4 Å². The van der Waals surface area contributed by atoms with Crippen LogP contribution in [0, 0.1) is 17.0 Å². The molecule has 0 amide bonds. The molecule has 11 nitrogen and oxygen atoms in total. The van der Waals surface area contributed by atoms with E-state index in [0.29, 0.717) is 47.3 Å². The van der Waals surface area contributed by atoms with Crippen LogP contribution >= 0.6 is 0 Å². The van der Waals surface area contributed by atoms with E-state index < -0.39 is 23.3 Å². The zero-order valence-corrected chi connectivity index (χ0v) is 32.2. The number of fused-ring (bicyclic) bond motifs is 3. The molecule has 3 saturated heterocycles. The fourth-order valence-electron chi connectivity index (χ4n) is 10.2. The zero-order valence-electron chi connectivity index (χ0n) is 32.2. The molecule has 1 aliphatic carbocycles. The highest BCUT2D eigenvalue weighted by Gasteiger charge is 2.51. The van der Waals surface area contributed by atoms with Gasteiger partial charge in [0, 0.05) is 35.8 Å². The van der Waals surface area contributed by atoms with Crippen LogP contribution in [-0.2, 0) is 15.9 Å². The van der Waals surface area contributed by atoms with Gasteiger partial charge >= 0.3 is 6.01 Å². The van der Waals surface area contributed by atoms with E-state index in [4.69, 9.17) is 24.2 Å². The summed E-state index contributed by atoms with van der Waals surface area (Å²) in [5.74, 6) is -1.02. The van der Waals surface area contributed by atoms with Gasteiger partial charge in [-0.25, -0.2) is 8.78 Å². The zero-order chi connectivity index (χ0) is 38.6. The van der Waals surface area contributed by atoms with Gasteiger partial charge in [0.2, 0.25) is 0 Å². The van der Waals surface area contributed by atoms with Crippen molar-refractivity contribution in [3.8, 4) is 23.0 Å². The van der Waals surface area contributed by atoms with Crippen molar-refractivity contribution in [2.24, 2.45) is 5.41 Å². The van der Waals surface area contributed by atoms with Gasteiger partial charge in [-0.2, -0.15) is 9.97 Å². The lowest BCUT2D eigenvalue weighted by Gasteiger charge is -2.51. The molecule has 4 fully saturated rings. The summed E-state index contributed by atoms with van der Waals surface area (Å²) in [5, 5.41) is 33.4. The third-order valence-electron chi connectivity index (χ3n) is 12.5. The van der Waals surface area contributed by atoms with E-state index >= 15 is 8.78 Å². The number of halogens is 2. The first-order chi connectivity index (χ1) is 26.4. The maximum atomic E-state index is 17.2. The maximum absolute atomic E-state index is 17.2. The van der Waals surface area contributed by atoms with Crippen LogP contribution in [0.3, 0.4) is 0 Å². The highest BCUT2D eigenvalue weighted by Crippen LogP contribution is 2.50.